The highest BCUT2D eigenvalue weighted by atomic mass is 32.1. The molecule has 0 amide bonds. The fourth-order valence-electron chi connectivity index (χ4n) is 2.55. The second-order valence-corrected chi connectivity index (χ2v) is 6.27. The van der Waals surface area contributed by atoms with E-state index in [2.05, 4.69) is 15.3 Å². The number of hydrogen-bond donors (Lipinski definition) is 2. The summed E-state index contributed by atoms with van der Waals surface area (Å²) in [5, 5.41) is 15.9. The Morgan fingerprint density at radius 3 is 2.56 bits per heavy atom. The van der Waals surface area contributed by atoms with Gasteiger partial charge >= 0.3 is 5.97 Å². The van der Waals surface area contributed by atoms with E-state index in [1.807, 2.05) is 60.0 Å². The third-order valence-electron chi connectivity index (χ3n) is 3.75. The number of rotatable bonds is 4. The Labute approximate surface area is 147 Å². The second-order valence-electron chi connectivity index (χ2n) is 5.41. The van der Waals surface area contributed by atoms with E-state index in [1.165, 1.54) is 11.3 Å². The van der Waals surface area contributed by atoms with Gasteiger partial charge in [0, 0.05) is 16.3 Å². The van der Waals surface area contributed by atoms with Gasteiger partial charge in [-0.1, -0.05) is 48.5 Å². The number of para-hydroxylation sites is 1. The van der Waals surface area contributed by atoms with Crippen LogP contribution in [-0.4, -0.2) is 21.0 Å². The van der Waals surface area contributed by atoms with Crippen molar-refractivity contribution in [3.05, 3.63) is 71.6 Å². The Hall–Kier alpha value is -3.25. The highest BCUT2D eigenvalue weighted by molar-refractivity contribution is 7.14. The minimum atomic E-state index is -1.03. The molecule has 2 aromatic heterocycles. The van der Waals surface area contributed by atoms with Crippen molar-refractivity contribution < 1.29 is 9.90 Å². The molecule has 4 aromatic rings. The summed E-state index contributed by atoms with van der Waals surface area (Å²) in [6.45, 7) is 0. The van der Waals surface area contributed by atoms with Crippen LogP contribution in [0.15, 0.2) is 66.0 Å². The van der Waals surface area contributed by atoms with Crippen molar-refractivity contribution in [3.8, 4) is 11.3 Å². The number of nitrogens with one attached hydrogen (secondary N) is 1. The van der Waals surface area contributed by atoms with Gasteiger partial charge in [-0.3, -0.25) is 0 Å². The molecule has 5 nitrogen and oxygen atoms in total. The fourth-order valence-corrected chi connectivity index (χ4v) is 3.27. The summed E-state index contributed by atoms with van der Waals surface area (Å²) in [5.41, 5.74) is 2.70. The molecule has 0 aliphatic carbocycles. The lowest BCUT2D eigenvalue weighted by molar-refractivity contribution is 0.0698. The van der Waals surface area contributed by atoms with Gasteiger partial charge in [0.05, 0.1) is 11.2 Å². The molecule has 0 spiro atoms. The molecule has 0 atom stereocenters. The molecule has 0 radical (unpaired) electrons. The lowest BCUT2D eigenvalue weighted by Crippen LogP contribution is -2.05. The summed E-state index contributed by atoms with van der Waals surface area (Å²) in [5.74, 6) is -0.735. The maximum absolute atomic E-state index is 11.6. The molecule has 0 unspecified atom stereocenters. The van der Waals surface area contributed by atoms with Crippen LogP contribution in [0.1, 0.15) is 10.4 Å². The van der Waals surface area contributed by atoms with Gasteiger partial charge in [-0.15, -0.1) is 11.3 Å². The Kier molecular flexibility index (Phi) is 3.87. The first-order valence-electron chi connectivity index (χ1n) is 7.62. The quantitative estimate of drug-likeness (QED) is 0.554. The zero-order valence-corrected chi connectivity index (χ0v) is 13.8. The summed E-state index contributed by atoms with van der Waals surface area (Å²) in [4.78, 5) is 20.6. The molecule has 2 heterocycles. The molecule has 4 rings (SSSR count). The van der Waals surface area contributed by atoms with Gasteiger partial charge in [-0.05, 0) is 12.1 Å². The first-order chi connectivity index (χ1) is 12.2. The van der Waals surface area contributed by atoms with Crippen LogP contribution in [0.5, 0.6) is 0 Å². The summed E-state index contributed by atoms with van der Waals surface area (Å²) >= 11 is 1.41. The van der Waals surface area contributed by atoms with Crippen molar-refractivity contribution in [2.45, 2.75) is 0 Å². The fraction of sp³-hybridized carbons (Fsp3) is 0. The van der Waals surface area contributed by atoms with E-state index in [-0.39, 0.29) is 5.56 Å². The van der Waals surface area contributed by atoms with E-state index in [9.17, 15) is 9.90 Å². The van der Waals surface area contributed by atoms with Gasteiger partial charge in [0.15, 0.2) is 5.13 Å². The standard InChI is InChI=1S/C19H13N3O2S/c23-18(24)14-10-13-8-4-5-9-15(13)20-17(14)22-19-21-16(11-25-19)12-6-2-1-3-7-12/h1-11H,(H,23,24)(H,20,21,22). The van der Waals surface area contributed by atoms with Crippen LogP contribution in [0, 0.1) is 0 Å². The second kappa shape index (κ2) is 6.33. The number of pyridine rings is 1. The Balaban J connectivity index is 1.72. The molecule has 2 N–H and O–H groups in total. The topological polar surface area (TPSA) is 75.1 Å². The lowest BCUT2D eigenvalue weighted by Gasteiger charge is -2.08. The number of benzene rings is 2. The highest BCUT2D eigenvalue weighted by Crippen LogP contribution is 2.29. The van der Waals surface area contributed by atoms with Gasteiger partial charge in [0.1, 0.15) is 11.4 Å². The molecular formula is C19H13N3O2S. The summed E-state index contributed by atoms with van der Waals surface area (Å²) in [6.07, 6.45) is 0. The minimum Gasteiger partial charge on any atom is -0.478 e. The van der Waals surface area contributed by atoms with Crippen LogP contribution in [0.25, 0.3) is 22.2 Å². The molecule has 0 aliphatic heterocycles. The summed E-state index contributed by atoms with van der Waals surface area (Å²) in [7, 11) is 0. The number of thiazole rings is 1. The van der Waals surface area contributed by atoms with Crippen molar-refractivity contribution in [3.63, 3.8) is 0 Å². The van der Waals surface area contributed by atoms with Crippen molar-refractivity contribution in [2.24, 2.45) is 0 Å². The number of carboxylic acid groups (broad SMARTS) is 1. The number of anilines is 2. The molecule has 2 aromatic carbocycles. The SMILES string of the molecule is O=C(O)c1cc2ccccc2nc1Nc1nc(-c2ccccc2)cs1. The number of carbonyl (C=O) groups is 1. The third kappa shape index (κ3) is 3.07. The number of aromatic nitrogens is 2. The smallest absolute Gasteiger partial charge is 0.339 e. The number of nitrogens with zero attached hydrogens (tertiary/aromatic N) is 2. The Bertz CT molecular complexity index is 1060. The largest absolute Gasteiger partial charge is 0.478 e. The van der Waals surface area contributed by atoms with E-state index < -0.39 is 5.97 Å². The number of hydrogen-bond acceptors (Lipinski definition) is 5. The van der Waals surface area contributed by atoms with Gasteiger partial charge in [0.25, 0.3) is 0 Å². The first kappa shape index (κ1) is 15.3. The minimum absolute atomic E-state index is 0.121. The zero-order chi connectivity index (χ0) is 17.2. The molecule has 25 heavy (non-hydrogen) atoms. The average Bonchev–Trinajstić information content (AvgIpc) is 3.10. The van der Waals surface area contributed by atoms with Gasteiger partial charge in [0.2, 0.25) is 0 Å². The van der Waals surface area contributed by atoms with Crippen molar-refractivity contribution in [1.82, 2.24) is 9.97 Å². The van der Waals surface area contributed by atoms with Crippen molar-refractivity contribution in [2.75, 3.05) is 5.32 Å². The molecule has 0 saturated heterocycles. The van der Waals surface area contributed by atoms with E-state index >= 15 is 0 Å². The highest BCUT2D eigenvalue weighted by Gasteiger charge is 2.15. The molecule has 0 fully saturated rings. The monoisotopic (exact) mass is 347 g/mol. The average molecular weight is 347 g/mol. The molecule has 0 saturated carbocycles. The molecule has 0 aliphatic rings. The maximum Gasteiger partial charge on any atom is 0.339 e. The van der Waals surface area contributed by atoms with Crippen LogP contribution in [0.3, 0.4) is 0 Å². The Morgan fingerprint density at radius 2 is 1.76 bits per heavy atom. The third-order valence-corrected chi connectivity index (χ3v) is 4.51. The van der Waals surface area contributed by atoms with Crippen LogP contribution in [-0.2, 0) is 0 Å². The summed E-state index contributed by atoms with van der Waals surface area (Å²) in [6, 6.07) is 18.9. The van der Waals surface area contributed by atoms with E-state index in [1.54, 1.807) is 6.07 Å². The lowest BCUT2D eigenvalue weighted by atomic mass is 10.1. The Morgan fingerprint density at radius 1 is 1.00 bits per heavy atom. The molecule has 0 bridgehead atoms. The molecule has 6 heteroatoms. The first-order valence-corrected chi connectivity index (χ1v) is 8.50. The predicted octanol–water partition coefficient (Wildman–Crippen LogP) is 4.80. The van der Waals surface area contributed by atoms with Crippen LogP contribution >= 0.6 is 11.3 Å². The maximum atomic E-state index is 11.6. The van der Waals surface area contributed by atoms with E-state index in [0.29, 0.717) is 10.9 Å². The van der Waals surface area contributed by atoms with Crippen LogP contribution in [0.2, 0.25) is 0 Å². The van der Waals surface area contributed by atoms with Gasteiger partial charge in [-0.2, -0.15) is 0 Å². The number of carboxylic acids is 1. The van der Waals surface area contributed by atoms with E-state index in [0.717, 1.165) is 22.2 Å². The van der Waals surface area contributed by atoms with Crippen LogP contribution in [0.4, 0.5) is 10.9 Å². The summed E-state index contributed by atoms with van der Waals surface area (Å²) < 4.78 is 0. The molecular weight excluding hydrogens is 334 g/mol. The zero-order valence-electron chi connectivity index (χ0n) is 13.0. The van der Waals surface area contributed by atoms with Crippen molar-refractivity contribution >= 4 is 39.2 Å². The predicted molar refractivity (Wildman–Crippen MR) is 99.5 cm³/mol. The van der Waals surface area contributed by atoms with Crippen LogP contribution < -0.4 is 5.32 Å². The van der Waals surface area contributed by atoms with Crippen molar-refractivity contribution in [1.29, 1.82) is 0 Å². The number of aromatic carboxylic acids is 1. The molecule has 122 valence electrons. The van der Waals surface area contributed by atoms with Gasteiger partial charge in [-0.25, -0.2) is 14.8 Å². The van der Waals surface area contributed by atoms with E-state index in [4.69, 9.17) is 0 Å². The van der Waals surface area contributed by atoms with Gasteiger partial charge < -0.3 is 10.4 Å². The number of fused-ring (bicyclic) bond motifs is 1. The normalized spacial score (nSPS) is 10.7.